The molecular formula is C19H15BrN4O2. The molecule has 0 aliphatic carbocycles. The summed E-state index contributed by atoms with van der Waals surface area (Å²) in [5.41, 5.74) is 2.38. The molecule has 0 spiro atoms. The van der Waals surface area contributed by atoms with Gasteiger partial charge in [-0.25, -0.2) is 4.79 Å². The minimum absolute atomic E-state index is 0.215. The minimum atomic E-state index is -0.372. The number of carbonyl (C=O) groups is 2. The van der Waals surface area contributed by atoms with Crippen LogP contribution in [0.25, 0.3) is 0 Å². The summed E-state index contributed by atoms with van der Waals surface area (Å²) < 4.78 is 0.725. The summed E-state index contributed by atoms with van der Waals surface area (Å²) in [6, 6.07) is 17.1. The van der Waals surface area contributed by atoms with Crippen molar-refractivity contribution in [2.75, 3.05) is 16.0 Å². The van der Waals surface area contributed by atoms with Crippen LogP contribution in [0.1, 0.15) is 10.4 Å². The molecule has 0 saturated carbocycles. The molecule has 0 radical (unpaired) electrons. The van der Waals surface area contributed by atoms with Crippen LogP contribution in [0.5, 0.6) is 0 Å². The van der Waals surface area contributed by atoms with E-state index in [4.69, 9.17) is 0 Å². The molecule has 1 heterocycles. The Balaban J connectivity index is 1.59. The molecule has 26 heavy (non-hydrogen) atoms. The third-order valence-electron chi connectivity index (χ3n) is 3.44. The number of carbonyl (C=O) groups excluding carboxylic acids is 2. The smallest absolute Gasteiger partial charge is 0.322 e. The van der Waals surface area contributed by atoms with Crippen molar-refractivity contribution in [2.24, 2.45) is 0 Å². The number of hydrogen-bond acceptors (Lipinski definition) is 3. The van der Waals surface area contributed by atoms with Gasteiger partial charge in [0.25, 0.3) is 5.91 Å². The standard InChI is InChI=1S/C19H15BrN4O2/c20-17-6-2-1-5-16(17)18(25)22-13-7-9-14(10-8-13)23-19(26)24-15-4-3-11-21-12-15/h1-12H,(H,22,25)(H2,23,24,26). The van der Waals surface area contributed by atoms with E-state index in [1.807, 2.05) is 12.1 Å². The predicted molar refractivity (Wildman–Crippen MR) is 105 cm³/mol. The van der Waals surface area contributed by atoms with Crippen LogP contribution in [0.2, 0.25) is 0 Å². The number of aromatic nitrogens is 1. The predicted octanol–water partition coefficient (Wildman–Crippen LogP) is 4.74. The molecule has 3 rings (SSSR count). The fraction of sp³-hybridized carbons (Fsp3) is 0. The van der Waals surface area contributed by atoms with Crippen LogP contribution in [-0.4, -0.2) is 16.9 Å². The average Bonchev–Trinajstić information content (AvgIpc) is 2.64. The van der Waals surface area contributed by atoms with Crippen LogP contribution in [0.3, 0.4) is 0 Å². The number of amides is 3. The molecule has 3 amide bonds. The third kappa shape index (κ3) is 4.67. The second-order valence-corrected chi connectivity index (χ2v) is 6.19. The van der Waals surface area contributed by atoms with Crippen LogP contribution in [-0.2, 0) is 0 Å². The Morgan fingerprint density at radius 3 is 2.08 bits per heavy atom. The maximum absolute atomic E-state index is 12.3. The molecule has 0 saturated heterocycles. The van der Waals surface area contributed by atoms with E-state index < -0.39 is 0 Å². The Labute approximate surface area is 158 Å². The first-order valence-electron chi connectivity index (χ1n) is 7.76. The van der Waals surface area contributed by atoms with Gasteiger partial charge in [-0.2, -0.15) is 0 Å². The van der Waals surface area contributed by atoms with Crippen LogP contribution < -0.4 is 16.0 Å². The summed E-state index contributed by atoms with van der Waals surface area (Å²) in [6.45, 7) is 0. The highest BCUT2D eigenvalue weighted by Crippen LogP contribution is 2.19. The van der Waals surface area contributed by atoms with E-state index >= 15 is 0 Å². The molecule has 6 nitrogen and oxygen atoms in total. The highest BCUT2D eigenvalue weighted by molar-refractivity contribution is 9.10. The van der Waals surface area contributed by atoms with Crippen molar-refractivity contribution in [3.63, 3.8) is 0 Å². The molecule has 7 heteroatoms. The number of rotatable bonds is 4. The number of anilines is 3. The van der Waals surface area contributed by atoms with Crippen LogP contribution >= 0.6 is 15.9 Å². The molecule has 0 aliphatic rings. The van der Waals surface area contributed by atoms with Crippen molar-refractivity contribution in [3.8, 4) is 0 Å². The number of halogens is 1. The summed E-state index contributed by atoms with van der Waals surface area (Å²) in [6.07, 6.45) is 3.18. The zero-order chi connectivity index (χ0) is 18.4. The quantitative estimate of drug-likeness (QED) is 0.580. The Hall–Kier alpha value is -3.19. The molecule has 0 aliphatic heterocycles. The Morgan fingerprint density at radius 2 is 1.42 bits per heavy atom. The van der Waals surface area contributed by atoms with Crippen molar-refractivity contribution < 1.29 is 9.59 Å². The molecule has 0 fully saturated rings. The molecule has 0 atom stereocenters. The lowest BCUT2D eigenvalue weighted by Crippen LogP contribution is -2.19. The van der Waals surface area contributed by atoms with E-state index in [0.717, 1.165) is 4.47 Å². The van der Waals surface area contributed by atoms with Gasteiger partial charge in [0.1, 0.15) is 0 Å². The largest absolute Gasteiger partial charge is 0.323 e. The lowest BCUT2D eigenvalue weighted by atomic mass is 10.2. The fourth-order valence-corrected chi connectivity index (χ4v) is 2.68. The van der Waals surface area contributed by atoms with Gasteiger partial charge in [0.2, 0.25) is 0 Å². The van der Waals surface area contributed by atoms with Gasteiger partial charge in [-0.3, -0.25) is 9.78 Å². The van der Waals surface area contributed by atoms with Crippen molar-refractivity contribution >= 4 is 44.9 Å². The maximum Gasteiger partial charge on any atom is 0.323 e. The van der Waals surface area contributed by atoms with E-state index in [9.17, 15) is 9.59 Å². The SMILES string of the molecule is O=C(Nc1ccc(NC(=O)c2ccccc2Br)cc1)Nc1cccnc1. The minimum Gasteiger partial charge on any atom is -0.322 e. The molecule has 2 aromatic carbocycles. The second-order valence-electron chi connectivity index (χ2n) is 5.33. The van der Waals surface area contributed by atoms with E-state index in [1.54, 1.807) is 60.9 Å². The Morgan fingerprint density at radius 1 is 0.769 bits per heavy atom. The third-order valence-corrected chi connectivity index (χ3v) is 4.13. The lowest BCUT2D eigenvalue weighted by Gasteiger charge is -2.09. The summed E-state index contributed by atoms with van der Waals surface area (Å²) in [4.78, 5) is 28.1. The van der Waals surface area contributed by atoms with Crippen LogP contribution in [0.15, 0.2) is 77.5 Å². The summed E-state index contributed by atoms with van der Waals surface area (Å²) in [5, 5.41) is 8.21. The highest BCUT2D eigenvalue weighted by atomic mass is 79.9. The summed E-state index contributed by atoms with van der Waals surface area (Å²) >= 11 is 3.36. The monoisotopic (exact) mass is 410 g/mol. The van der Waals surface area contributed by atoms with E-state index in [0.29, 0.717) is 22.6 Å². The van der Waals surface area contributed by atoms with Crippen molar-refractivity contribution in [1.29, 1.82) is 0 Å². The van der Waals surface area contributed by atoms with Gasteiger partial charge in [-0.15, -0.1) is 0 Å². The normalized spacial score (nSPS) is 10.0. The summed E-state index contributed by atoms with van der Waals surface area (Å²) in [5.74, 6) is -0.215. The van der Waals surface area contributed by atoms with Gasteiger partial charge in [-0.1, -0.05) is 12.1 Å². The Kier molecular flexibility index (Phi) is 5.60. The highest BCUT2D eigenvalue weighted by Gasteiger charge is 2.09. The van der Waals surface area contributed by atoms with Crippen molar-refractivity contribution in [1.82, 2.24) is 4.98 Å². The number of urea groups is 1. The average molecular weight is 411 g/mol. The van der Waals surface area contributed by atoms with Crippen LogP contribution in [0, 0.1) is 0 Å². The zero-order valence-corrected chi connectivity index (χ0v) is 15.2. The number of nitrogens with zero attached hydrogens (tertiary/aromatic N) is 1. The first-order chi connectivity index (χ1) is 12.6. The van der Waals surface area contributed by atoms with E-state index in [-0.39, 0.29) is 11.9 Å². The van der Waals surface area contributed by atoms with E-state index in [1.165, 1.54) is 0 Å². The van der Waals surface area contributed by atoms with Gasteiger partial charge in [-0.05, 0) is 64.5 Å². The molecule has 0 unspecified atom stereocenters. The number of benzene rings is 2. The second kappa shape index (κ2) is 8.26. The molecule has 3 N–H and O–H groups in total. The first-order valence-corrected chi connectivity index (χ1v) is 8.55. The molecule has 0 bridgehead atoms. The van der Waals surface area contributed by atoms with Gasteiger partial charge in [0.15, 0.2) is 0 Å². The summed E-state index contributed by atoms with van der Waals surface area (Å²) in [7, 11) is 0. The number of pyridine rings is 1. The van der Waals surface area contributed by atoms with Crippen molar-refractivity contribution in [3.05, 3.63) is 83.1 Å². The van der Waals surface area contributed by atoms with E-state index in [2.05, 4.69) is 36.9 Å². The fourth-order valence-electron chi connectivity index (χ4n) is 2.21. The topological polar surface area (TPSA) is 83.1 Å². The first kappa shape index (κ1) is 17.6. The van der Waals surface area contributed by atoms with Crippen molar-refractivity contribution in [2.45, 2.75) is 0 Å². The zero-order valence-electron chi connectivity index (χ0n) is 13.6. The van der Waals surface area contributed by atoms with Gasteiger partial charge >= 0.3 is 6.03 Å². The Bertz CT molecular complexity index is 914. The van der Waals surface area contributed by atoms with Gasteiger partial charge in [0.05, 0.1) is 17.4 Å². The number of nitrogens with one attached hydrogen (secondary N) is 3. The van der Waals surface area contributed by atoms with Crippen LogP contribution in [0.4, 0.5) is 21.9 Å². The lowest BCUT2D eigenvalue weighted by molar-refractivity contribution is 0.102. The van der Waals surface area contributed by atoms with Gasteiger partial charge in [0, 0.05) is 22.0 Å². The molecular weight excluding hydrogens is 396 g/mol. The molecule has 3 aromatic rings. The number of hydrogen-bond donors (Lipinski definition) is 3. The van der Waals surface area contributed by atoms with Gasteiger partial charge < -0.3 is 16.0 Å². The molecule has 130 valence electrons. The maximum atomic E-state index is 12.3. The molecule has 1 aromatic heterocycles.